The Kier molecular flexibility index (Phi) is 5.82. The van der Waals surface area contributed by atoms with Crippen molar-refractivity contribution in [3.8, 4) is 5.75 Å². The van der Waals surface area contributed by atoms with Crippen LogP contribution in [0.3, 0.4) is 0 Å². The van der Waals surface area contributed by atoms with Crippen molar-refractivity contribution in [2.75, 3.05) is 32.1 Å². The predicted molar refractivity (Wildman–Crippen MR) is 108 cm³/mol. The van der Waals surface area contributed by atoms with E-state index in [-0.39, 0.29) is 6.10 Å². The highest BCUT2D eigenvalue weighted by atomic mass is 35.5. The molecule has 1 aliphatic heterocycles. The van der Waals surface area contributed by atoms with Crippen LogP contribution in [0.4, 0.5) is 11.4 Å². The molecule has 3 nitrogen and oxygen atoms in total. The molecule has 0 spiro atoms. The van der Waals surface area contributed by atoms with Crippen molar-refractivity contribution in [3.05, 3.63) is 41.4 Å². The Bertz CT molecular complexity index is 748. The van der Waals surface area contributed by atoms with E-state index in [1.165, 1.54) is 21.2 Å². The highest BCUT2D eigenvalue weighted by molar-refractivity contribution is 7.99. The van der Waals surface area contributed by atoms with Crippen molar-refractivity contribution in [1.82, 2.24) is 4.90 Å². The Labute approximate surface area is 159 Å². The summed E-state index contributed by atoms with van der Waals surface area (Å²) in [6, 6.07) is 12.7. The summed E-state index contributed by atoms with van der Waals surface area (Å²) in [5, 5.41) is 0.671. The van der Waals surface area contributed by atoms with Crippen LogP contribution in [0.2, 0.25) is 5.02 Å². The average molecular weight is 377 g/mol. The van der Waals surface area contributed by atoms with E-state index in [4.69, 9.17) is 16.3 Å². The van der Waals surface area contributed by atoms with E-state index in [1.54, 1.807) is 11.8 Å². The molecule has 1 heterocycles. The van der Waals surface area contributed by atoms with Gasteiger partial charge in [-0.15, -0.1) is 0 Å². The van der Waals surface area contributed by atoms with Crippen LogP contribution in [-0.2, 0) is 0 Å². The molecule has 0 saturated heterocycles. The lowest BCUT2D eigenvalue weighted by Crippen LogP contribution is -2.25. The molecular formula is C20H25ClN2OS. The number of halogens is 1. The van der Waals surface area contributed by atoms with Gasteiger partial charge in [0.15, 0.2) is 0 Å². The van der Waals surface area contributed by atoms with Crippen LogP contribution in [0.25, 0.3) is 0 Å². The van der Waals surface area contributed by atoms with Gasteiger partial charge in [-0.1, -0.05) is 35.5 Å². The topological polar surface area (TPSA) is 15.7 Å². The van der Waals surface area contributed by atoms with E-state index >= 15 is 0 Å². The first-order chi connectivity index (χ1) is 12.0. The summed E-state index contributed by atoms with van der Waals surface area (Å²) in [6.45, 7) is 6.06. The Morgan fingerprint density at radius 3 is 2.60 bits per heavy atom. The Morgan fingerprint density at radius 1 is 1.12 bits per heavy atom. The van der Waals surface area contributed by atoms with Gasteiger partial charge in [0.05, 0.1) is 22.5 Å². The molecule has 1 aliphatic rings. The van der Waals surface area contributed by atoms with Crippen LogP contribution in [0.5, 0.6) is 5.75 Å². The highest BCUT2D eigenvalue weighted by Gasteiger charge is 2.25. The molecule has 0 aromatic heterocycles. The minimum absolute atomic E-state index is 0.104. The minimum Gasteiger partial charge on any atom is -0.489 e. The SMILES string of the molecule is CC(C)Oc1cc2c(cc1Cl)N(CCCN(C)C)c1ccccc1S2. The molecule has 3 rings (SSSR count). The lowest BCUT2D eigenvalue weighted by atomic mass is 10.2. The second kappa shape index (κ2) is 7.90. The number of rotatable bonds is 6. The van der Waals surface area contributed by atoms with Crippen LogP contribution in [0.15, 0.2) is 46.2 Å². The normalized spacial score (nSPS) is 13.2. The smallest absolute Gasteiger partial charge is 0.139 e. The first-order valence-electron chi connectivity index (χ1n) is 8.65. The number of para-hydroxylation sites is 1. The third-order valence-corrected chi connectivity index (χ3v) is 5.44. The number of anilines is 2. The fraction of sp³-hybridized carbons (Fsp3) is 0.400. The molecule has 0 radical (unpaired) electrons. The van der Waals surface area contributed by atoms with Crippen LogP contribution in [0.1, 0.15) is 20.3 Å². The molecule has 0 fully saturated rings. The van der Waals surface area contributed by atoms with E-state index in [0.29, 0.717) is 5.02 Å². The van der Waals surface area contributed by atoms with Crippen LogP contribution < -0.4 is 9.64 Å². The van der Waals surface area contributed by atoms with Crippen molar-refractivity contribution in [2.24, 2.45) is 0 Å². The molecule has 0 aliphatic carbocycles. The van der Waals surface area contributed by atoms with Gasteiger partial charge in [0.25, 0.3) is 0 Å². The monoisotopic (exact) mass is 376 g/mol. The van der Waals surface area contributed by atoms with E-state index in [2.05, 4.69) is 54.2 Å². The van der Waals surface area contributed by atoms with Gasteiger partial charge in [0.1, 0.15) is 5.75 Å². The summed E-state index contributed by atoms with van der Waals surface area (Å²) >= 11 is 8.30. The lowest BCUT2D eigenvalue weighted by Gasteiger charge is -2.33. The molecule has 134 valence electrons. The van der Waals surface area contributed by atoms with Gasteiger partial charge in [-0.25, -0.2) is 0 Å². The van der Waals surface area contributed by atoms with Gasteiger partial charge >= 0.3 is 0 Å². The fourth-order valence-corrected chi connectivity index (χ4v) is 4.27. The maximum atomic E-state index is 6.51. The van der Waals surface area contributed by atoms with Gasteiger partial charge in [-0.2, -0.15) is 0 Å². The third-order valence-electron chi connectivity index (χ3n) is 4.03. The zero-order chi connectivity index (χ0) is 18.0. The molecule has 0 unspecified atom stereocenters. The van der Waals surface area contributed by atoms with Gasteiger partial charge in [-0.05, 0) is 65.2 Å². The summed E-state index contributed by atoms with van der Waals surface area (Å²) in [4.78, 5) is 7.08. The van der Waals surface area contributed by atoms with Gasteiger partial charge in [0.2, 0.25) is 0 Å². The molecule has 0 amide bonds. The maximum absolute atomic E-state index is 6.51. The molecule has 2 aromatic carbocycles. The minimum atomic E-state index is 0.104. The molecule has 25 heavy (non-hydrogen) atoms. The van der Waals surface area contributed by atoms with Crippen LogP contribution in [-0.4, -0.2) is 38.2 Å². The van der Waals surface area contributed by atoms with E-state index in [1.807, 2.05) is 19.9 Å². The third kappa shape index (κ3) is 4.25. The number of nitrogens with zero attached hydrogens (tertiary/aromatic N) is 2. The predicted octanol–water partition coefficient (Wildman–Crippen LogP) is 5.68. The first-order valence-corrected chi connectivity index (χ1v) is 9.84. The zero-order valence-corrected chi connectivity index (χ0v) is 16.8. The number of ether oxygens (including phenoxy) is 1. The Balaban J connectivity index is 1.97. The van der Waals surface area contributed by atoms with E-state index in [0.717, 1.165) is 25.3 Å². The molecule has 2 aromatic rings. The molecule has 5 heteroatoms. The van der Waals surface area contributed by atoms with Gasteiger partial charge < -0.3 is 14.5 Å². The molecule has 0 bridgehead atoms. The summed E-state index contributed by atoms with van der Waals surface area (Å²) in [6.07, 6.45) is 1.19. The summed E-state index contributed by atoms with van der Waals surface area (Å²) in [7, 11) is 4.22. The van der Waals surface area contributed by atoms with Crippen LogP contribution in [0, 0.1) is 0 Å². The van der Waals surface area contributed by atoms with Crippen molar-refractivity contribution in [2.45, 2.75) is 36.2 Å². The van der Waals surface area contributed by atoms with Crippen molar-refractivity contribution in [3.63, 3.8) is 0 Å². The van der Waals surface area contributed by atoms with Crippen molar-refractivity contribution >= 4 is 34.7 Å². The quantitative estimate of drug-likeness (QED) is 0.644. The Hall–Kier alpha value is -1.36. The van der Waals surface area contributed by atoms with Crippen molar-refractivity contribution < 1.29 is 4.74 Å². The van der Waals surface area contributed by atoms with Gasteiger partial charge in [0, 0.05) is 16.3 Å². The maximum Gasteiger partial charge on any atom is 0.139 e. The van der Waals surface area contributed by atoms with E-state index < -0.39 is 0 Å². The summed E-state index contributed by atoms with van der Waals surface area (Å²) < 4.78 is 5.88. The fourth-order valence-electron chi connectivity index (χ4n) is 2.96. The standard InChI is InChI=1S/C20H25ClN2OS/c1-14(2)24-18-13-20-17(12-15(18)21)23(11-7-10-22(3)4)16-8-5-6-9-19(16)25-20/h5-6,8-9,12-14H,7,10-11H2,1-4H3. The second-order valence-corrected chi connectivity index (χ2v) is 8.29. The number of benzene rings is 2. The largest absolute Gasteiger partial charge is 0.489 e. The zero-order valence-electron chi connectivity index (χ0n) is 15.3. The highest BCUT2D eigenvalue weighted by Crippen LogP contribution is 2.50. The first kappa shape index (κ1) is 18.4. The molecule has 0 N–H and O–H groups in total. The van der Waals surface area contributed by atoms with Crippen LogP contribution >= 0.6 is 23.4 Å². The number of fused-ring (bicyclic) bond motifs is 2. The molecular weight excluding hydrogens is 352 g/mol. The summed E-state index contributed by atoms with van der Waals surface area (Å²) in [5.41, 5.74) is 2.43. The average Bonchev–Trinajstić information content (AvgIpc) is 2.55. The Morgan fingerprint density at radius 2 is 1.88 bits per heavy atom. The van der Waals surface area contributed by atoms with Gasteiger partial charge in [-0.3, -0.25) is 0 Å². The second-order valence-electron chi connectivity index (χ2n) is 6.80. The van der Waals surface area contributed by atoms with Crippen molar-refractivity contribution in [1.29, 1.82) is 0 Å². The lowest BCUT2D eigenvalue weighted by molar-refractivity contribution is 0.242. The summed E-state index contributed by atoms with van der Waals surface area (Å²) in [5.74, 6) is 0.760. The number of hydrogen-bond donors (Lipinski definition) is 0. The van der Waals surface area contributed by atoms with E-state index in [9.17, 15) is 0 Å². The molecule has 0 atom stereocenters. The molecule has 0 saturated carbocycles. The number of hydrogen-bond acceptors (Lipinski definition) is 4.